The van der Waals surface area contributed by atoms with Gasteiger partial charge in [-0.25, -0.2) is 15.4 Å². The lowest BCUT2D eigenvalue weighted by molar-refractivity contribution is 0.355. The van der Waals surface area contributed by atoms with Crippen LogP contribution in [0, 0.1) is 20.8 Å². The van der Waals surface area contributed by atoms with E-state index in [9.17, 15) is 0 Å². The molecule has 158 valence electrons. The monoisotopic (exact) mass is 416 g/mol. The Morgan fingerprint density at radius 1 is 0.839 bits per heavy atom. The van der Waals surface area contributed by atoms with Gasteiger partial charge in [-0.1, -0.05) is 11.6 Å². The SMILES string of the molecule is COc1ccc(-c2cc(=NNc3nc(C)cc(C)n3)c3cc(C)ccc3o2)cc1OC. The molecule has 0 aliphatic carbocycles. The van der Waals surface area contributed by atoms with Gasteiger partial charge in [0.05, 0.1) is 19.6 Å². The number of nitrogens with one attached hydrogen (secondary N) is 1. The minimum Gasteiger partial charge on any atom is -0.493 e. The molecule has 2 heterocycles. The van der Waals surface area contributed by atoms with Gasteiger partial charge in [-0.05, 0) is 57.2 Å². The molecule has 0 radical (unpaired) electrons. The number of anilines is 1. The predicted molar refractivity (Wildman–Crippen MR) is 120 cm³/mol. The molecular weight excluding hydrogens is 392 g/mol. The molecule has 0 unspecified atom stereocenters. The third-order valence-electron chi connectivity index (χ3n) is 4.83. The first-order valence-electron chi connectivity index (χ1n) is 9.86. The van der Waals surface area contributed by atoms with Gasteiger partial charge in [0.2, 0.25) is 5.95 Å². The number of rotatable bonds is 5. The summed E-state index contributed by atoms with van der Waals surface area (Å²) in [6, 6.07) is 15.4. The highest BCUT2D eigenvalue weighted by Crippen LogP contribution is 2.32. The Labute approximate surface area is 180 Å². The van der Waals surface area contributed by atoms with Gasteiger partial charge in [0.1, 0.15) is 11.3 Å². The molecule has 2 aromatic heterocycles. The standard InChI is InChI=1S/C24H24N4O3/c1-14-6-8-20-18(10-14)19(27-28-24-25-15(2)11-16(3)26-24)13-22(31-20)17-7-9-21(29-4)23(12-17)30-5/h6-13H,1-5H3,(H,25,26,28). The number of hydrogen-bond acceptors (Lipinski definition) is 7. The molecule has 0 fully saturated rings. The number of nitrogens with zero attached hydrogens (tertiary/aromatic N) is 3. The van der Waals surface area contributed by atoms with Crippen LogP contribution >= 0.6 is 0 Å². The number of hydrogen-bond donors (Lipinski definition) is 1. The molecular formula is C24H24N4O3. The number of methoxy groups -OCH3 is 2. The van der Waals surface area contributed by atoms with E-state index in [0.717, 1.165) is 38.8 Å². The average Bonchev–Trinajstić information content (AvgIpc) is 2.76. The first kappa shape index (κ1) is 20.4. The van der Waals surface area contributed by atoms with E-state index < -0.39 is 0 Å². The number of aryl methyl sites for hydroxylation is 3. The summed E-state index contributed by atoms with van der Waals surface area (Å²) in [5, 5.41) is 6.21. The highest BCUT2D eigenvalue weighted by molar-refractivity contribution is 5.79. The maximum Gasteiger partial charge on any atom is 0.243 e. The number of aromatic nitrogens is 2. The second-order valence-electron chi connectivity index (χ2n) is 7.26. The van der Waals surface area contributed by atoms with Gasteiger partial charge in [0.25, 0.3) is 0 Å². The van der Waals surface area contributed by atoms with E-state index in [1.807, 2.05) is 69.3 Å². The Morgan fingerprint density at radius 2 is 1.58 bits per heavy atom. The van der Waals surface area contributed by atoms with Crippen molar-refractivity contribution in [1.82, 2.24) is 9.97 Å². The highest BCUT2D eigenvalue weighted by Gasteiger charge is 2.11. The summed E-state index contributed by atoms with van der Waals surface area (Å²) in [5.74, 6) is 2.38. The Bertz CT molecular complexity index is 1310. The summed E-state index contributed by atoms with van der Waals surface area (Å²) < 4.78 is 17.0. The summed E-state index contributed by atoms with van der Waals surface area (Å²) in [4.78, 5) is 8.80. The summed E-state index contributed by atoms with van der Waals surface area (Å²) in [5.41, 5.74) is 7.42. The molecule has 7 nitrogen and oxygen atoms in total. The molecule has 31 heavy (non-hydrogen) atoms. The van der Waals surface area contributed by atoms with E-state index in [4.69, 9.17) is 13.9 Å². The smallest absolute Gasteiger partial charge is 0.243 e. The Balaban J connectivity index is 1.87. The molecule has 0 bridgehead atoms. The molecule has 0 aliphatic rings. The van der Waals surface area contributed by atoms with Crippen molar-refractivity contribution in [2.45, 2.75) is 20.8 Å². The van der Waals surface area contributed by atoms with Crippen molar-refractivity contribution in [2.24, 2.45) is 5.10 Å². The fraction of sp³-hybridized carbons (Fsp3) is 0.208. The van der Waals surface area contributed by atoms with Crippen molar-refractivity contribution in [2.75, 3.05) is 19.6 Å². The van der Waals surface area contributed by atoms with E-state index in [2.05, 4.69) is 20.5 Å². The van der Waals surface area contributed by atoms with Gasteiger partial charge < -0.3 is 13.9 Å². The molecule has 7 heteroatoms. The Kier molecular flexibility index (Phi) is 5.58. The zero-order valence-corrected chi connectivity index (χ0v) is 18.2. The predicted octanol–water partition coefficient (Wildman–Crippen LogP) is 4.76. The zero-order chi connectivity index (χ0) is 22.0. The molecule has 1 N–H and O–H groups in total. The molecule has 2 aromatic carbocycles. The van der Waals surface area contributed by atoms with E-state index in [-0.39, 0.29) is 0 Å². The van der Waals surface area contributed by atoms with Crippen molar-refractivity contribution in [3.8, 4) is 22.8 Å². The second kappa shape index (κ2) is 8.47. The van der Waals surface area contributed by atoms with Crippen LogP contribution in [0.3, 0.4) is 0 Å². The maximum atomic E-state index is 6.19. The van der Waals surface area contributed by atoms with Crippen LogP contribution in [-0.4, -0.2) is 24.2 Å². The Morgan fingerprint density at radius 3 is 2.29 bits per heavy atom. The minimum atomic E-state index is 0.451. The third kappa shape index (κ3) is 4.35. The van der Waals surface area contributed by atoms with Crippen molar-refractivity contribution in [3.63, 3.8) is 0 Å². The minimum absolute atomic E-state index is 0.451. The van der Waals surface area contributed by atoms with Gasteiger partial charge in [-0.15, -0.1) is 0 Å². The number of fused-ring (bicyclic) bond motifs is 1. The van der Waals surface area contributed by atoms with Crippen molar-refractivity contribution in [1.29, 1.82) is 0 Å². The van der Waals surface area contributed by atoms with Crippen LogP contribution in [0.4, 0.5) is 5.95 Å². The largest absolute Gasteiger partial charge is 0.493 e. The zero-order valence-electron chi connectivity index (χ0n) is 18.2. The molecule has 4 aromatic rings. The van der Waals surface area contributed by atoms with Crippen LogP contribution in [0.1, 0.15) is 17.0 Å². The van der Waals surface area contributed by atoms with Crippen LogP contribution in [0.25, 0.3) is 22.3 Å². The van der Waals surface area contributed by atoms with Crippen LogP contribution < -0.4 is 20.3 Å². The summed E-state index contributed by atoms with van der Waals surface area (Å²) in [6.45, 7) is 5.89. The van der Waals surface area contributed by atoms with Crippen molar-refractivity contribution < 1.29 is 13.9 Å². The molecule has 0 aliphatic heterocycles. The average molecular weight is 416 g/mol. The van der Waals surface area contributed by atoms with Crippen LogP contribution in [0.5, 0.6) is 11.5 Å². The lowest BCUT2D eigenvalue weighted by atomic mass is 10.1. The van der Waals surface area contributed by atoms with E-state index in [0.29, 0.717) is 23.2 Å². The van der Waals surface area contributed by atoms with Crippen LogP contribution in [0.2, 0.25) is 0 Å². The fourth-order valence-electron chi connectivity index (χ4n) is 3.39. The molecule has 0 saturated carbocycles. The fourth-order valence-corrected chi connectivity index (χ4v) is 3.39. The van der Waals surface area contributed by atoms with Crippen molar-refractivity contribution >= 4 is 16.9 Å². The van der Waals surface area contributed by atoms with Gasteiger partial charge in [0.15, 0.2) is 11.5 Å². The highest BCUT2D eigenvalue weighted by atomic mass is 16.5. The third-order valence-corrected chi connectivity index (χ3v) is 4.83. The number of ether oxygens (including phenoxy) is 2. The van der Waals surface area contributed by atoms with Gasteiger partial charge in [-0.2, -0.15) is 5.10 Å². The number of benzene rings is 2. The van der Waals surface area contributed by atoms with Crippen LogP contribution in [-0.2, 0) is 0 Å². The first-order valence-corrected chi connectivity index (χ1v) is 9.86. The molecule has 0 amide bonds. The Hall–Kier alpha value is -3.87. The van der Waals surface area contributed by atoms with Gasteiger partial charge in [-0.3, -0.25) is 0 Å². The maximum absolute atomic E-state index is 6.19. The summed E-state index contributed by atoms with van der Waals surface area (Å²) in [7, 11) is 3.22. The van der Waals surface area contributed by atoms with E-state index in [1.165, 1.54) is 0 Å². The molecule has 0 saturated heterocycles. The second-order valence-corrected chi connectivity index (χ2v) is 7.26. The van der Waals surface area contributed by atoms with Gasteiger partial charge in [0, 0.05) is 28.4 Å². The van der Waals surface area contributed by atoms with E-state index >= 15 is 0 Å². The lowest BCUT2D eigenvalue weighted by Gasteiger charge is -2.10. The van der Waals surface area contributed by atoms with E-state index in [1.54, 1.807) is 14.2 Å². The normalized spacial score (nSPS) is 11.6. The summed E-state index contributed by atoms with van der Waals surface area (Å²) in [6.07, 6.45) is 0. The quantitative estimate of drug-likeness (QED) is 0.473. The summed E-state index contributed by atoms with van der Waals surface area (Å²) >= 11 is 0. The molecule has 0 spiro atoms. The molecule has 0 atom stereocenters. The van der Waals surface area contributed by atoms with Crippen LogP contribution in [0.15, 0.2) is 58.0 Å². The van der Waals surface area contributed by atoms with Crippen molar-refractivity contribution in [3.05, 3.63) is 70.8 Å². The molecule has 4 rings (SSSR count). The first-order chi connectivity index (χ1) is 15.0. The lowest BCUT2D eigenvalue weighted by Crippen LogP contribution is -2.09. The van der Waals surface area contributed by atoms with Gasteiger partial charge >= 0.3 is 0 Å². The topological polar surface area (TPSA) is 81.8 Å².